The van der Waals surface area contributed by atoms with E-state index in [4.69, 9.17) is 4.74 Å². The molecule has 1 amide bonds. The molecule has 7 heteroatoms. The third-order valence-electron chi connectivity index (χ3n) is 4.85. The topological polar surface area (TPSA) is 94.5 Å². The summed E-state index contributed by atoms with van der Waals surface area (Å²) in [6.07, 6.45) is 0.861. The van der Waals surface area contributed by atoms with Crippen molar-refractivity contribution in [1.29, 1.82) is 0 Å². The van der Waals surface area contributed by atoms with Crippen LogP contribution in [0.3, 0.4) is 0 Å². The number of rotatable bonds is 5. The van der Waals surface area contributed by atoms with Crippen molar-refractivity contribution in [3.63, 3.8) is 0 Å². The number of amides is 1. The van der Waals surface area contributed by atoms with Gasteiger partial charge < -0.3 is 10.1 Å². The number of carbonyl (C=O) groups is 3. The van der Waals surface area contributed by atoms with E-state index < -0.39 is 17.4 Å². The molecule has 0 radical (unpaired) electrons. The lowest BCUT2D eigenvalue weighted by molar-refractivity contribution is -0.141. The van der Waals surface area contributed by atoms with E-state index in [1.54, 1.807) is 31.2 Å². The normalized spacial score (nSPS) is 14.8. The Bertz CT molecular complexity index is 1020. The van der Waals surface area contributed by atoms with Gasteiger partial charge in [0.05, 0.1) is 6.61 Å². The number of esters is 1. The van der Waals surface area contributed by atoms with Crippen LogP contribution in [0.2, 0.25) is 0 Å². The van der Waals surface area contributed by atoms with Crippen molar-refractivity contribution in [3.05, 3.63) is 63.6 Å². The number of benzene rings is 1. The van der Waals surface area contributed by atoms with Crippen molar-refractivity contribution < 1.29 is 19.1 Å². The van der Waals surface area contributed by atoms with Crippen LogP contribution >= 0.6 is 0 Å². The molecule has 0 fully saturated rings. The fourth-order valence-corrected chi connectivity index (χ4v) is 3.59. The van der Waals surface area contributed by atoms with Crippen LogP contribution in [0.25, 0.3) is 5.69 Å². The van der Waals surface area contributed by atoms with E-state index in [1.807, 2.05) is 19.9 Å². The summed E-state index contributed by atoms with van der Waals surface area (Å²) in [7, 11) is 0. The molecule has 1 aromatic carbocycles. The standard InChI is InChI=1S/C22H24N2O5/c1-4-29-19(26)13-23-20(27)16-10-15-17(11-22(2,3)12-18(15)25)24(21(16)28)14-8-6-5-7-9-14/h5-10H,4,11-13H2,1-3H3,(H,23,27). The zero-order valence-electron chi connectivity index (χ0n) is 16.8. The van der Waals surface area contributed by atoms with Crippen molar-refractivity contribution in [1.82, 2.24) is 9.88 Å². The third kappa shape index (κ3) is 4.29. The number of hydrogen-bond donors (Lipinski definition) is 1. The molecule has 1 aliphatic carbocycles. The molecule has 1 N–H and O–H groups in total. The molecule has 152 valence electrons. The lowest BCUT2D eigenvalue weighted by Crippen LogP contribution is -2.40. The van der Waals surface area contributed by atoms with Crippen LogP contribution in [-0.4, -0.2) is 35.4 Å². The minimum absolute atomic E-state index is 0.111. The second-order valence-corrected chi connectivity index (χ2v) is 7.82. The Morgan fingerprint density at radius 2 is 1.83 bits per heavy atom. The zero-order chi connectivity index (χ0) is 21.2. The fourth-order valence-electron chi connectivity index (χ4n) is 3.59. The minimum Gasteiger partial charge on any atom is -0.465 e. The predicted octanol–water partition coefficient (Wildman–Crippen LogP) is 2.29. The summed E-state index contributed by atoms with van der Waals surface area (Å²) in [5.41, 5.74) is 0.560. The maximum atomic E-state index is 13.2. The van der Waals surface area contributed by atoms with Crippen molar-refractivity contribution in [2.24, 2.45) is 5.41 Å². The zero-order valence-corrected chi connectivity index (χ0v) is 16.8. The average molecular weight is 396 g/mol. The first-order valence-corrected chi connectivity index (χ1v) is 9.55. The quantitative estimate of drug-likeness (QED) is 0.783. The number of Topliss-reactive ketones (excluding diaryl/α,β-unsaturated/α-hetero) is 1. The number of nitrogens with one attached hydrogen (secondary N) is 1. The van der Waals surface area contributed by atoms with Gasteiger partial charge in [-0.3, -0.25) is 23.7 Å². The molecule has 3 rings (SSSR count). The first kappa shape index (κ1) is 20.5. The Balaban J connectivity index is 2.12. The highest BCUT2D eigenvalue weighted by atomic mass is 16.5. The monoisotopic (exact) mass is 396 g/mol. The van der Waals surface area contributed by atoms with Crippen molar-refractivity contribution in [3.8, 4) is 5.69 Å². The molecule has 7 nitrogen and oxygen atoms in total. The SMILES string of the molecule is CCOC(=O)CNC(=O)c1cc2c(n(-c3ccccc3)c1=O)CC(C)(C)CC2=O. The largest absolute Gasteiger partial charge is 0.465 e. The van der Waals surface area contributed by atoms with E-state index in [0.717, 1.165) is 0 Å². The number of nitrogens with zero attached hydrogens (tertiary/aromatic N) is 1. The van der Waals surface area contributed by atoms with Gasteiger partial charge in [0, 0.05) is 23.4 Å². The Hall–Kier alpha value is -3.22. The molecule has 29 heavy (non-hydrogen) atoms. The van der Waals surface area contributed by atoms with E-state index in [9.17, 15) is 19.2 Å². The summed E-state index contributed by atoms with van der Waals surface area (Å²) in [4.78, 5) is 50.2. The number of ether oxygens (including phenoxy) is 1. The molecule has 0 saturated carbocycles. The molecule has 0 bridgehead atoms. The molecule has 1 aromatic heterocycles. The molecule has 2 aromatic rings. The van der Waals surface area contributed by atoms with Gasteiger partial charge in [0.2, 0.25) is 0 Å². The Morgan fingerprint density at radius 1 is 1.14 bits per heavy atom. The highest BCUT2D eigenvalue weighted by molar-refractivity contribution is 6.02. The van der Waals surface area contributed by atoms with Gasteiger partial charge in [-0.25, -0.2) is 0 Å². The van der Waals surface area contributed by atoms with Crippen molar-refractivity contribution in [2.75, 3.05) is 13.2 Å². The summed E-state index contributed by atoms with van der Waals surface area (Å²) in [6.45, 7) is 5.46. The van der Waals surface area contributed by atoms with Crippen LogP contribution in [0, 0.1) is 5.41 Å². The highest BCUT2D eigenvalue weighted by Gasteiger charge is 2.35. The second kappa shape index (κ2) is 8.03. The predicted molar refractivity (Wildman–Crippen MR) is 107 cm³/mol. The van der Waals surface area contributed by atoms with Gasteiger partial charge in [0.25, 0.3) is 11.5 Å². The van der Waals surface area contributed by atoms with E-state index in [0.29, 0.717) is 29.8 Å². The van der Waals surface area contributed by atoms with Gasteiger partial charge in [0.1, 0.15) is 12.1 Å². The summed E-state index contributed by atoms with van der Waals surface area (Å²) >= 11 is 0. The molecular formula is C22H24N2O5. The molecule has 0 unspecified atom stereocenters. The van der Waals surface area contributed by atoms with Crippen LogP contribution in [0.4, 0.5) is 0 Å². The third-order valence-corrected chi connectivity index (χ3v) is 4.85. The number of hydrogen-bond acceptors (Lipinski definition) is 5. The first-order chi connectivity index (χ1) is 13.7. The smallest absolute Gasteiger partial charge is 0.325 e. The maximum absolute atomic E-state index is 13.2. The van der Waals surface area contributed by atoms with Gasteiger partial charge in [-0.1, -0.05) is 32.0 Å². The van der Waals surface area contributed by atoms with E-state index >= 15 is 0 Å². The summed E-state index contributed by atoms with van der Waals surface area (Å²) in [6, 6.07) is 10.3. The Morgan fingerprint density at radius 3 is 2.48 bits per heavy atom. The van der Waals surface area contributed by atoms with Crippen LogP contribution in [0.1, 0.15) is 53.6 Å². The molecular weight excluding hydrogens is 372 g/mol. The van der Waals surface area contributed by atoms with Crippen LogP contribution in [0.15, 0.2) is 41.2 Å². The number of fused-ring (bicyclic) bond motifs is 1. The molecule has 0 atom stereocenters. The molecule has 0 saturated heterocycles. The lowest BCUT2D eigenvalue weighted by Gasteiger charge is -2.32. The van der Waals surface area contributed by atoms with Gasteiger partial charge in [-0.15, -0.1) is 0 Å². The Labute approximate surface area is 168 Å². The van der Waals surface area contributed by atoms with Crippen LogP contribution in [-0.2, 0) is 16.0 Å². The highest BCUT2D eigenvalue weighted by Crippen LogP contribution is 2.35. The second-order valence-electron chi connectivity index (χ2n) is 7.82. The number of para-hydroxylation sites is 1. The number of pyridine rings is 1. The molecule has 1 aliphatic rings. The molecule has 1 heterocycles. The summed E-state index contributed by atoms with van der Waals surface area (Å²) in [5, 5.41) is 2.40. The lowest BCUT2D eigenvalue weighted by atomic mass is 9.75. The van der Waals surface area contributed by atoms with Gasteiger partial charge in [0.15, 0.2) is 5.78 Å². The molecule has 0 aliphatic heterocycles. The Kier molecular flexibility index (Phi) is 5.68. The van der Waals surface area contributed by atoms with E-state index in [1.165, 1.54) is 10.6 Å². The van der Waals surface area contributed by atoms with E-state index in [2.05, 4.69) is 5.32 Å². The maximum Gasteiger partial charge on any atom is 0.325 e. The fraction of sp³-hybridized carbons (Fsp3) is 0.364. The van der Waals surface area contributed by atoms with Gasteiger partial charge in [-0.2, -0.15) is 0 Å². The molecule has 0 spiro atoms. The van der Waals surface area contributed by atoms with E-state index in [-0.39, 0.29) is 29.9 Å². The van der Waals surface area contributed by atoms with Crippen molar-refractivity contribution in [2.45, 2.75) is 33.6 Å². The van der Waals surface area contributed by atoms with Crippen molar-refractivity contribution >= 4 is 17.7 Å². The number of ketones is 1. The summed E-state index contributed by atoms with van der Waals surface area (Å²) < 4.78 is 6.23. The number of aromatic nitrogens is 1. The summed E-state index contributed by atoms with van der Waals surface area (Å²) in [5.74, 6) is -1.42. The minimum atomic E-state index is -0.715. The van der Waals surface area contributed by atoms with Gasteiger partial charge in [-0.05, 0) is 37.0 Å². The number of carbonyl (C=O) groups excluding carboxylic acids is 3. The van der Waals surface area contributed by atoms with Crippen LogP contribution in [0.5, 0.6) is 0 Å². The average Bonchev–Trinajstić information content (AvgIpc) is 2.66. The van der Waals surface area contributed by atoms with Gasteiger partial charge >= 0.3 is 5.97 Å². The van der Waals surface area contributed by atoms with Crippen LogP contribution < -0.4 is 10.9 Å². The first-order valence-electron chi connectivity index (χ1n) is 9.55.